The topological polar surface area (TPSA) is 48.8 Å². The minimum absolute atomic E-state index is 0.251. The van der Waals surface area contributed by atoms with Crippen molar-refractivity contribution in [1.29, 1.82) is 0 Å². The number of piperidine rings is 2. The first kappa shape index (κ1) is 19.6. The quantitative estimate of drug-likeness (QED) is 0.856. The smallest absolute Gasteiger partial charge is 0.133 e. The van der Waals surface area contributed by atoms with E-state index in [1.807, 2.05) is 0 Å². The molecular weight excluding hydrogens is 350 g/mol. The maximum Gasteiger partial charge on any atom is 0.133 e. The number of rotatable bonds is 5. The van der Waals surface area contributed by atoms with Crippen molar-refractivity contribution in [2.24, 2.45) is 0 Å². The minimum Gasteiger partial charge on any atom is -0.391 e. The summed E-state index contributed by atoms with van der Waals surface area (Å²) < 4.78 is 5.81. The van der Waals surface area contributed by atoms with Gasteiger partial charge in [0.2, 0.25) is 0 Å². The van der Waals surface area contributed by atoms with Gasteiger partial charge in [-0.2, -0.15) is 0 Å². The number of ether oxygens (including phenoxy) is 1. The molecule has 1 N–H and O–H groups in total. The highest BCUT2D eigenvalue weighted by atomic mass is 16.5. The van der Waals surface area contributed by atoms with Crippen molar-refractivity contribution in [2.75, 3.05) is 37.7 Å². The van der Waals surface area contributed by atoms with E-state index in [1.165, 1.54) is 16.5 Å². The maximum absolute atomic E-state index is 10.2. The molecule has 0 amide bonds. The zero-order valence-corrected chi connectivity index (χ0v) is 17.2. The SMILES string of the molecule is CCOC1CCN(Cc2cc3cc(C)ccc3nc2N2CCC[C@H](O)C2)CC1. The number of hydrogen-bond acceptors (Lipinski definition) is 5. The van der Waals surface area contributed by atoms with Crippen molar-refractivity contribution < 1.29 is 9.84 Å². The third-order valence-corrected chi connectivity index (χ3v) is 6.05. The fourth-order valence-electron chi connectivity index (χ4n) is 4.58. The van der Waals surface area contributed by atoms with Crippen LogP contribution in [0.2, 0.25) is 0 Å². The molecule has 1 aromatic heterocycles. The number of anilines is 1. The first-order valence-corrected chi connectivity index (χ1v) is 10.8. The zero-order valence-electron chi connectivity index (χ0n) is 17.2. The number of pyridine rings is 1. The lowest BCUT2D eigenvalue weighted by atomic mass is 10.0. The molecule has 1 aromatic carbocycles. The lowest BCUT2D eigenvalue weighted by Crippen LogP contribution is -2.40. The molecule has 0 bridgehead atoms. The van der Waals surface area contributed by atoms with Gasteiger partial charge in [0.25, 0.3) is 0 Å². The second-order valence-corrected chi connectivity index (χ2v) is 8.34. The molecule has 3 heterocycles. The molecule has 0 unspecified atom stereocenters. The van der Waals surface area contributed by atoms with Crippen LogP contribution >= 0.6 is 0 Å². The number of aromatic nitrogens is 1. The van der Waals surface area contributed by atoms with Crippen LogP contribution in [0.4, 0.5) is 5.82 Å². The van der Waals surface area contributed by atoms with Crippen molar-refractivity contribution in [2.45, 2.75) is 58.3 Å². The van der Waals surface area contributed by atoms with Gasteiger partial charge in [0, 0.05) is 50.3 Å². The molecule has 28 heavy (non-hydrogen) atoms. The normalized spacial score (nSPS) is 22.1. The summed E-state index contributed by atoms with van der Waals surface area (Å²) in [7, 11) is 0. The first-order chi connectivity index (χ1) is 13.6. The van der Waals surface area contributed by atoms with Crippen molar-refractivity contribution >= 4 is 16.7 Å². The molecule has 152 valence electrons. The van der Waals surface area contributed by atoms with E-state index in [0.29, 0.717) is 12.6 Å². The predicted molar refractivity (Wildman–Crippen MR) is 114 cm³/mol. The number of β-amino-alcohol motifs (C(OH)–C–C–N with tert-alkyl or cyclic N) is 1. The molecule has 2 aliphatic heterocycles. The second kappa shape index (κ2) is 8.76. The molecule has 0 spiro atoms. The van der Waals surface area contributed by atoms with Gasteiger partial charge in [0.05, 0.1) is 17.7 Å². The largest absolute Gasteiger partial charge is 0.391 e. The monoisotopic (exact) mass is 383 g/mol. The van der Waals surface area contributed by atoms with Crippen LogP contribution in [0.1, 0.15) is 43.7 Å². The Labute approximate surface area is 168 Å². The Hall–Kier alpha value is -1.69. The number of hydrogen-bond donors (Lipinski definition) is 1. The standard InChI is InChI=1S/C23H33N3O2/c1-3-28-21-8-11-25(12-9-21)15-19-14-18-13-17(2)6-7-22(18)24-23(19)26-10-4-5-20(27)16-26/h6-7,13-14,20-21,27H,3-5,8-12,15-16H2,1-2H3/t20-/m0/s1. The van der Waals surface area contributed by atoms with Gasteiger partial charge in [-0.15, -0.1) is 0 Å². The van der Waals surface area contributed by atoms with E-state index in [1.54, 1.807) is 0 Å². The Morgan fingerprint density at radius 1 is 1.14 bits per heavy atom. The van der Waals surface area contributed by atoms with Crippen LogP contribution in [0.25, 0.3) is 10.9 Å². The summed E-state index contributed by atoms with van der Waals surface area (Å²) in [4.78, 5) is 9.86. The van der Waals surface area contributed by atoms with Gasteiger partial charge in [0.15, 0.2) is 0 Å². The Bertz CT molecular complexity index is 802. The molecule has 2 saturated heterocycles. The molecule has 2 aliphatic rings. The highest BCUT2D eigenvalue weighted by molar-refractivity contribution is 5.82. The Morgan fingerprint density at radius 2 is 1.96 bits per heavy atom. The molecular formula is C23H33N3O2. The van der Waals surface area contributed by atoms with Crippen LogP contribution in [-0.2, 0) is 11.3 Å². The molecule has 0 saturated carbocycles. The van der Waals surface area contributed by atoms with Crippen molar-refractivity contribution in [3.05, 3.63) is 35.4 Å². The number of benzene rings is 1. The van der Waals surface area contributed by atoms with E-state index in [0.717, 1.165) is 69.8 Å². The van der Waals surface area contributed by atoms with Gasteiger partial charge in [-0.25, -0.2) is 4.98 Å². The number of aliphatic hydroxyl groups excluding tert-OH is 1. The van der Waals surface area contributed by atoms with E-state index in [2.05, 4.69) is 47.9 Å². The summed E-state index contributed by atoms with van der Waals surface area (Å²) in [5.74, 6) is 1.06. The summed E-state index contributed by atoms with van der Waals surface area (Å²) in [6.07, 6.45) is 4.28. The van der Waals surface area contributed by atoms with Crippen molar-refractivity contribution in [3.8, 4) is 0 Å². The molecule has 2 fully saturated rings. The van der Waals surface area contributed by atoms with E-state index >= 15 is 0 Å². The van der Waals surface area contributed by atoms with Crippen LogP contribution < -0.4 is 4.90 Å². The molecule has 2 aromatic rings. The van der Waals surface area contributed by atoms with E-state index in [4.69, 9.17) is 9.72 Å². The molecule has 0 aliphatic carbocycles. The molecule has 5 heteroatoms. The Balaban J connectivity index is 1.60. The summed E-state index contributed by atoms with van der Waals surface area (Å²) in [6.45, 7) is 9.72. The lowest BCUT2D eigenvalue weighted by Gasteiger charge is -2.35. The number of nitrogens with zero attached hydrogens (tertiary/aromatic N) is 3. The highest BCUT2D eigenvalue weighted by Gasteiger charge is 2.24. The lowest BCUT2D eigenvalue weighted by molar-refractivity contribution is 0.0125. The van der Waals surface area contributed by atoms with E-state index < -0.39 is 0 Å². The second-order valence-electron chi connectivity index (χ2n) is 8.34. The summed E-state index contributed by atoms with van der Waals surface area (Å²) in [5.41, 5.74) is 3.58. The fourth-order valence-corrected chi connectivity index (χ4v) is 4.58. The summed E-state index contributed by atoms with van der Waals surface area (Å²) in [6, 6.07) is 8.79. The van der Waals surface area contributed by atoms with Crippen molar-refractivity contribution in [3.63, 3.8) is 0 Å². The van der Waals surface area contributed by atoms with Gasteiger partial charge in [-0.3, -0.25) is 4.90 Å². The average molecular weight is 384 g/mol. The Morgan fingerprint density at radius 3 is 2.71 bits per heavy atom. The van der Waals surface area contributed by atoms with Crippen LogP contribution in [0.3, 0.4) is 0 Å². The molecule has 1 atom stereocenters. The average Bonchev–Trinajstić information content (AvgIpc) is 2.69. The maximum atomic E-state index is 10.2. The van der Waals surface area contributed by atoms with Gasteiger partial charge in [-0.05, 0) is 57.7 Å². The van der Waals surface area contributed by atoms with Crippen LogP contribution in [-0.4, -0.2) is 60.0 Å². The molecule has 5 nitrogen and oxygen atoms in total. The number of aliphatic hydroxyl groups is 1. The van der Waals surface area contributed by atoms with Gasteiger partial charge >= 0.3 is 0 Å². The van der Waals surface area contributed by atoms with E-state index in [9.17, 15) is 5.11 Å². The summed E-state index contributed by atoms with van der Waals surface area (Å²) >= 11 is 0. The molecule has 4 rings (SSSR count). The fraction of sp³-hybridized carbons (Fsp3) is 0.609. The van der Waals surface area contributed by atoms with Crippen LogP contribution in [0.15, 0.2) is 24.3 Å². The first-order valence-electron chi connectivity index (χ1n) is 10.8. The number of fused-ring (bicyclic) bond motifs is 1. The third kappa shape index (κ3) is 4.48. The summed E-state index contributed by atoms with van der Waals surface area (Å²) in [5, 5.41) is 11.4. The predicted octanol–water partition coefficient (Wildman–Crippen LogP) is 3.51. The zero-order chi connectivity index (χ0) is 19.5. The van der Waals surface area contributed by atoms with Crippen LogP contribution in [0, 0.1) is 6.92 Å². The number of likely N-dealkylation sites (tertiary alicyclic amines) is 1. The van der Waals surface area contributed by atoms with Gasteiger partial charge < -0.3 is 14.7 Å². The number of aryl methyl sites for hydroxylation is 1. The van der Waals surface area contributed by atoms with Gasteiger partial charge in [0.1, 0.15) is 5.82 Å². The third-order valence-electron chi connectivity index (χ3n) is 6.05. The van der Waals surface area contributed by atoms with Gasteiger partial charge in [-0.1, -0.05) is 11.6 Å². The van der Waals surface area contributed by atoms with E-state index in [-0.39, 0.29) is 6.10 Å². The van der Waals surface area contributed by atoms with Crippen LogP contribution in [0.5, 0.6) is 0 Å². The minimum atomic E-state index is -0.251. The highest BCUT2D eigenvalue weighted by Crippen LogP contribution is 2.29. The van der Waals surface area contributed by atoms with Crippen molar-refractivity contribution in [1.82, 2.24) is 9.88 Å². The molecule has 0 radical (unpaired) electrons. The Kier molecular flexibility index (Phi) is 6.14.